The highest BCUT2D eigenvalue weighted by molar-refractivity contribution is 6.79. The Kier molecular flexibility index (Phi) is 2.57. The zero-order chi connectivity index (χ0) is 9.19. The lowest BCUT2D eigenvalue weighted by Crippen LogP contribution is -2.46. The standard InChI is InChI=1S/C8H16N2OSi/c1-5-10(12(2,3)4)8-6-11-7-9-8/h6-7H,5H2,1-4H3. The van der Waals surface area contributed by atoms with Crippen molar-refractivity contribution in [1.29, 1.82) is 0 Å². The van der Waals surface area contributed by atoms with Gasteiger partial charge in [0.25, 0.3) is 0 Å². The first-order valence-corrected chi connectivity index (χ1v) is 7.66. The van der Waals surface area contributed by atoms with Crippen LogP contribution in [-0.2, 0) is 0 Å². The molecule has 0 bridgehead atoms. The molecule has 0 aliphatic rings. The fraction of sp³-hybridized carbons (Fsp3) is 0.625. The van der Waals surface area contributed by atoms with Gasteiger partial charge < -0.3 is 8.98 Å². The Morgan fingerprint density at radius 3 is 2.50 bits per heavy atom. The van der Waals surface area contributed by atoms with E-state index in [1.54, 1.807) is 6.26 Å². The van der Waals surface area contributed by atoms with E-state index < -0.39 is 8.24 Å². The van der Waals surface area contributed by atoms with Gasteiger partial charge in [-0.3, -0.25) is 0 Å². The van der Waals surface area contributed by atoms with E-state index in [2.05, 4.69) is 36.1 Å². The number of anilines is 1. The number of hydrogen-bond donors (Lipinski definition) is 0. The van der Waals surface area contributed by atoms with E-state index in [1.807, 2.05) is 0 Å². The Labute approximate surface area is 74.5 Å². The van der Waals surface area contributed by atoms with Gasteiger partial charge in [0.1, 0.15) is 14.5 Å². The number of oxazole rings is 1. The van der Waals surface area contributed by atoms with Crippen molar-refractivity contribution in [3.8, 4) is 0 Å². The summed E-state index contributed by atoms with van der Waals surface area (Å²) in [5, 5.41) is 0. The van der Waals surface area contributed by atoms with Crippen molar-refractivity contribution in [1.82, 2.24) is 4.98 Å². The van der Waals surface area contributed by atoms with Gasteiger partial charge in [-0.15, -0.1) is 0 Å². The minimum absolute atomic E-state index is 0.969. The minimum atomic E-state index is -1.28. The second-order valence-corrected chi connectivity index (χ2v) is 8.64. The molecule has 1 aromatic rings. The number of aromatic nitrogens is 1. The Bertz CT molecular complexity index is 228. The van der Waals surface area contributed by atoms with Crippen LogP contribution in [0.1, 0.15) is 6.92 Å². The molecular formula is C8H16N2OSi. The summed E-state index contributed by atoms with van der Waals surface area (Å²) in [6, 6.07) is 0. The predicted octanol–water partition coefficient (Wildman–Crippen LogP) is 2.34. The summed E-state index contributed by atoms with van der Waals surface area (Å²) in [5.41, 5.74) is 0. The molecule has 0 N–H and O–H groups in total. The average molecular weight is 184 g/mol. The lowest BCUT2D eigenvalue weighted by Gasteiger charge is -2.32. The molecule has 1 aromatic heterocycles. The Balaban J connectivity index is 2.84. The van der Waals surface area contributed by atoms with Crippen LogP contribution in [0, 0.1) is 0 Å². The van der Waals surface area contributed by atoms with E-state index in [9.17, 15) is 0 Å². The SMILES string of the molecule is CCN(c1cocn1)[Si](C)(C)C. The van der Waals surface area contributed by atoms with E-state index in [0.717, 1.165) is 12.4 Å². The highest BCUT2D eigenvalue weighted by Crippen LogP contribution is 2.18. The molecule has 0 amide bonds. The van der Waals surface area contributed by atoms with Gasteiger partial charge in [0.15, 0.2) is 12.2 Å². The lowest BCUT2D eigenvalue weighted by atomic mass is 10.7. The number of nitrogens with zero attached hydrogens (tertiary/aromatic N) is 2. The second kappa shape index (κ2) is 3.31. The van der Waals surface area contributed by atoms with Crippen LogP contribution >= 0.6 is 0 Å². The van der Waals surface area contributed by atoms with Gasteiger partial charge in [0, 0.05) is 6.54 Å². The van der Waals surface area contributed by atoms with Gasteiger partial charge in [0.05, 0.1) is 0 Å². The minimum Gasteiger partial charge on any atom is -0.450 e. The Morgan fingerprint density at radius 2 is 2.17 bits per heavy atom. The monoisotopic (exact) mass is 184 g/mol. The summed E-state index contributed by atoms with van der Waals surface area (Å²) < 4.78 is 7.29. The molecule has 1 heterocycles. The molecule has 1 rings (SSSR count). The topological polar surface area (TPSA) is 29.3 Å². The molecule has 12 heavy (non-hydrogen) atoms. The molecular weight excluding hydrogens is 168 g/mol. The van der Waals surface area contributed by atoms with E-state index in [0.29, 0.717) is 0 Å². The maximum absolute atomic E-state index is 4.96. The summed E-state index contributed by atoms with van der Waals surface area (Å²) in [4.78, 5) is 4.15. The molecule has 0 fully saturated rings. The summed E-state index contributed by atoms with van der Waals surface area (Å²) >= 11 is 0. The molecule has 0 aromatic carbocycles. The Hall–Kier alpha value is -0.773. The molecule has 68 valence electrons. The van der Waals surface area contributed by atoms with Crippen LogP contribution in [0.2, 0.25) is 19.6 Å². The number of rotatable bonds is 3. The zero-order valence-corrected chi connectivity index (χ0v) is 9.16. The lowest BCUT2D eigenvalue weighted by molar-refractivity contribution is 0.558. The molecule has 0 saturated carbocycles. The summed E-state index contributed by atoms with van der Waals surface area (Å²) in [5.74, 6) is 0.969. The first kappa shape index (κ1) is 9.32. The molecule has 0 spiro atoms. The maximum Gasteiger partial charge on any atom is 0.182 e. The van der Waals surface area contributed by atoms with Crippen LogP contribution in [0.4, 0.5) is 5.82 Å². The molecule has 0 aliphatic heterocycles. The van der Waals surface area contributed by atoms with Crippen molar-refractivity contribution in [2.45, 2.75) is 26.6 Å². The van der Waals surface area contributed by atoms with Gasteiger partial charge in [-0.05, 0) is 6.92 Å². The van der Waals surface area contributed by atoms with Crippen LogP contribution in [-0.4, -0.2) is 19.8 Å². The van der Waals surface area contributed by atoms with Gasteiger partial charge in [-0.1, -0.05) is 19.6 Å². The van der Waals surface area contributed by atoms with Crippen LogP contribution in [0.25, 0.3) is 0 Å². The maximum atomic E-state index is 4.96. The van der Waals surface area contributed by atoms with Crippen LogP contribution in [0.3, 0.4) is 0 Å². The zero-order valence-electron chi connectivity index (χ0n) is 8.16. The van der Waals surface area contributed by atoms with E-state index in [4.69, 9.17) is 4.42 Å². The Morgan fingerprint density at radius 1 is 1.50 bits per heavy atom. The first-order chi connectivity index (χ1) is 5.55. The molecule has 3 nitrogen and oxygen atoms in total. The molecule has 0 aliphatic carbocycles. The van der Waals surface area contributed by atoms with Crippen molar-refractivity contribution in [2.75, 3.05) is 11.1 Å². The molecule has 0 unspecified atom stereocenters. The van der Waals surface area contributed by atoms with Gasteiger partial charge in [-0.2, -0.15) is 0 Å². The molecule has 0 atom stereocenters. The largest absolute Gasteiger partial charge is 0.450 e. The molecule has 4 heteroatoms. The average Bonchev–Trinajstić information content (AvgIpc) is 2.38. The van der Waals surface area contributed by atoms with Crippen molar-refractivity contribution in [3.05, 3.63) is 12.7 Å². The van der Waals surface area contributed by atoms with Crippen molar-refractivity contribution < 1.29 is 4.42 Å². The van der Waals surface area contributed by atoms with Crippen LogP contribution in [0.15, 0.2) is 17.1 Å². The first-order valence-electron chi connectivity index (χ1n) is 4.21. The van der Waals surface area contributed by atoms with Gasteiger partial charge >= 0.3 is 0 Å². The van der Waals surface area contributed by atoms with Crippen LogP contribution < -0.4 is 4.57 Å². The smallest absolute Gasteiger partial charge is 0.182 e. The molecule has 0 radical (unpaired) electrons. The second-order valence-electron chi connectivity index (χ2n) is 3.76. The normalized spacial score (nSPS) is 11.7. The summed E-state index contributed by atoms with van der Waals surface area (Å²) in [6.45, 7) is 10.0. The fourth-order valence-corrected chi connectivity index (χ4v) is 3.07. The quantitative estimate of drug-likeness (QED) is 0.675. The van der Waals surface area contributed by atoms with Crippen LogP contribution in [0.5, 0.6) is 0 Å². The van der Waals surface area contributed by atoms with E-state index >= 15 is 0 Å². The fourth-order valence-electron chi connectivity index (χ4n) is 1.32. The third-order valence-electron chi connectivity index (χ3n) is 1.82. The van der Waals surface area contributed by atoms with Gasteiger partial charge in [0.2, 0.25) is 0 Å². The number of hydrogen-bond acceptors (Lipinski definition) is 3. The summed E-state index contributed by atoms with van der Waals surface area (Å²) in [7, 11) is -1.28. The third-order valence-corrected chi connectivity index (χ3v) is 3.99. The van der Waals surface area contributed by atoms with Crippen molar-refractivity contribution >= 4 is 14.1 Å². The van der Waals surface area contributed by atoms with Crippen molar-refractivity contribution in [2.24, 2.45) is 0 Å². The predicted molar refractivity (Wildman–Crippen MR) is 52.9 cm³/mol. The summed E-state index contributed by atoms with van der Waals surface area (Å²) in [6.07, 6.45) is 3.19. The van der Waals surface area contributed by atoms with Crippen molar-refractivity contribution in [3.63, 3.8) is 0 Å². The highest BCUT2D eigenvalue weighted by atomic mass is 28.3. The van der Waals surface area contributed by atoms with E-state index in [1.165, 1.54) is 6.39 Å². The molecule has 0 saturated heterocycles. The highest BCUT2D eigenvalue weighted by Gasteiger charge is 2.24. The van der Waals surface area contributed by atoms with E-state index in [-0.39, 0.29) is 0 Å². The van der Waals surface area contributed by atoms with Gasteiger partial charge in [-0.25, -0.2) is 4.98 Å². The third kappa shape index (κ3) is 1.88.